The third-order valence-corrected chi connectivity index (χ3v) is 6.47. The summed E-state index contributed by atoms with van der Waals surface area (Å²) in [6.45, 7) is 1.60. The molecule has 1 aliphatic rings. The van der Waals surface area contributed by atoms with Gasteiger partial charge >= 0.3 is 0 Å². The summed E-state index contributed by atoms with van der Waals surface area (Å²) in [4.78, 5) is 39.9. The van der Waals surface area contributed by atoms with E-state index in [0.717, 1.165) is 19.3 Å². The van der Waals surface area contributed by atoms with Gasteiger partial charge in [0.1, 0.15) is 0 Å². The van der Waals surface area contributed by atoms with E-state index in [0.29, 0.717) is 41.5 Å². The minimum atomic E-state index is -0.313. The van der Waals surface area contributed by atoms with Gasteiger partial charge in [-0.15, -0.1) is 0 Å². The molecule has 4 rings (SSSR count). The quantitative estimate of drug-likeness (QED) is 0.500. The molecule has 0 aromatic heterocycles. The van der Waals surface area contributed by atoms with Crippen LogP contribution in [0.2, 0.25) is 5.02 Å². The zero-order valence-electron chi connectivity index (χ0n) is 19.4. The van der Waals surface area contributed by atoms with E-state index >= 15 is 0 Å². The number of rotatable bonds is 7. The zero-order valence-corrected chi connectivity index (χ0v) is 20.1. The molecule has 3 amide bonds. The van der Waals surface area contributed by atoms with Gasteiger partial charge in [0.2, 0.25) is 5.91 Å². The fraction of sp³-hybridized carbons (Fsp3) is 0.250. The van der Waals surface area contributed by atoms with E-state index < -0.39 is 0 Å². The molecule has 1 heterocycles. The lowest BCUT2D eigenvalue weighted by atomic mass is 9.96. The third-order valence-electron chi connectivity index (χ3n) is 6.14. The number of anilines is 1. The van der Waals surface area contributed by atoms with Gasteiger partial charge in [0, 0.05) is 30.9 Å². The molecule has 3 aromatic rings. The van der Waals surface area contributed by atoms with Crippen molar-refractivity contribution in [2.24, 2.45) is 5.92 Å². The number of hydrogen-bond acceptors (Lipinski definition) is 3. The van der Waals surface area contributed by atoms with Crippen molar-refractivity contribution in [3.05, 3.63) is 101 Å². The first-order valence-corrected chi connectivity index (χ1v) is 12.2. The monoisotopic (exact) mass is 489 g/mol. The molecule has 0 spiro atoms. The van der Waals surface area contributed by atoms with E-state index in [1.807, 2.05) is 30.3 Å². The summed E-state index contributed by atoms with van der Waals surface area (Å²) in [5, 5.41) is 6.19. The maximum absolute atomic E-state index is 13.1. The molecule has 0 saturated carbocycles. The number of carbonyl (C=O) groups is 3. The molecule has 3 aromatic carbocycles. The SMILES string of the molecule is O=C(Nc1ccc(C(=O)N2CCCC(C(=O)NCCc3ccccc3)C2)cc1)c1ccccc1Cl. The Balaban J connectivity index is 1.30. The standard InChI is InChI=1S/C28H28ClN3O3/c29-25-11-5-4-10-24(25)27(34)31-23-14-12-21(13-15-23)28(35)32-18-6-9-22(19-32)26(33)30-17-16-20-7-2-1-3-8-20/h1-5,7-8,10-15,22H,6,9,16-19H2,(H,30,33)(H,31,34). The van der Waals surface area contributed by atoms with E-state index in [9.17, 15) is 14.4 Å². The van der Waals surface area contributed by atoms with Gasteiger partial charge in [-0.1, -0.05) is 54.1 Å². The second-order valence-corrected chi connectivity index (χ2v) is 9.04. The minimum absolute atomic E-state index is 0.00364. The van der Waals surface area contributed by atoms with Crippen LogP contribution < -0.4 is 10.6 Å². The number of nitrogens with zero attached hydrogens (tertiary/aromatic N) is 1. The van der Waals surface area contributed by atoms with Crippen LogP contribution in [0.1, 0.15) is 39.1 Å². The second-order valence-electron chi connectivity index (χ2n) is 8.63. The van der Waals surface area contributed by atoms with Gasteiger partial charge < -0.3 is 15.5 Å². The first-order chi connectivity index (χ1) is 17.0. The zero-order chi connectivity index (χ0) is 24.6. The van der Waals surface area contributed by atoms with Crippen LogP contribution in [-0.4, -0.2) is 42.3 Å². The Morgan fingerprint density at radius 2 is 1.63 bits per heavy atom. The first kappa shape index (κ1) is 24.5. The van der Waals surface area contributed by atoms with Crippen LogP contribution in [0.4, 0.5) is 5.69 Å². The van der Waals surface area contributed by atoms with Crippen LogP contribution >= 0.6 is 11.6 Å². The van der Waals surface area contributed by atoms with Crippen molar-refractivity contribution in [3.63, 3.8) is 0 Å². The molecule has 6 nitrogen and oxygen atoms in total. The average molecular weight is 490 g/mol. The highest BCUT2D eigenvalue weighted by atomic mass is 35.5. The van der Waals surface area contributed by atoms with Gasteiger partial charge in [0.05, 0.1) is 16.5 Å². The number of halogens is 1. The Morgan fingerprint density at radius 3 is 2.37 bits per heavy atom. The average Bonchev–Trinajstić information content (AvgIpc) is 2.89. The summed E-state index contributed by atoms with van der Waals surface area (Å²) >= 11 is 6.09. The Morgan fingerprint density at radius 1 is 0.914 bits per heavy atom. The smallest absolute Gasteiger partial charge is 0.257 e. The number of nitrogens with one attached hydrogen (secondary N) is 2. The van der Waals surface area contributed by atoms with Crippen molar-refractivity contribution in [1.29, 1.82) is 0 Å². The van der Waals surface area contributed by atoms with Crippen molar-refractivity contribution in [1.82, 2.24) is 10.2 Å². The Hall–Kier alpha value is -3.64. The summed E-state index contributed by atoms with van der Waals surface area (Å²) in [7, 11) is 0. The lowest BCUT2D eigenvalue weighted by Crippen LogP contribution is -2.45. The predicted molar refractivity (Wildman–Crippen MR) is 138 cm³/mol. The number of likely N-dealkylation sites (tertiary alicyclic amines) is 1. The lowest BCUT2D eigenvalue weighted by Gasteiger charge is -2.32. The fourth-order valence-corrected chi connectivity index (χ4v) is 4.44. The molecule has 35 heavy (non-hydrogen) atoms. The molecule has 0 aliphatic carbocycles. The Bertz CT molecular complexity index is 1180. The molecule has 180 valence electrons. The van der Waals surface area contributed by atoms with Crippen LogP contribution in [0, 0.1) is 5.92 Å². The molecule has 0 bridgehead atoms. The van der Waals surface area contributed by atoms with Gasteiger partial charge in [-0.3, -0.25) is 14.4 Å². The summed E-state index contributed by atoms with van der Waals surface area (Å²) in [5.41, 5.74) is 2.65. The highest BCUT2D eigenvalue weighted by Crippen LogP contribution is 2.21. The van der Waals surface area contributed by atoms with Gasteiger partial charge in [-0.2, -0.15) is 0 Å². The van der Waals surface area contributed by atoms with E-state index in [1.165, 1.54) is 5.56 Å². The second kappa shape index (κ2) is 11.7. The van der Waals surface area contributed by atoms with E-state index in [-0.39, 0.29) is 23.6 Å². The molecule has 2 N–H and O–H groups in total. The predicted octanol–water partition coefficient (Wildman–Crippen LogP) is 4.80. The van der Waals surface area contributed by atoms with Crippen LogP contribution in [0.15, 0.2) is 78.9 Å². The molecule has 1 fully saturated rings. The molecule has 1 aliphatic heterocycles. The minimum Gasteiger partial charge on any atom is -0.355 e. The van der Waals surface area contributed by atoms with Crippen molar-refractivity contribution >= 4 is 35.0 Å². The van der Waals surface area contributed by atoms with Gasteiger partial charge in [-0.25, -0.2) is 0 Å². The van der Waals surface area contributed by atoms with E-state index in [2.05, 4.69) is 10.6 Å². The van der Waals surface area contributed by atoms with Crippen LogP contribution in [0.3, 0.4) is 0 Å². The summed E-state index contributed by atoms with van der Waals surface area (Å²) < 4.78 is 0. The van der Waals surface area contributed by atoms with Crippen LogP contribution in [0.5, 0.6) is 0 Å². The van der Waals surface area contributed by atoms with Crippen molar-refractivity contribution < 1.29 is 14.4 Å². The van der Waals surface area contributed by atoms with Gasteiger partial charge in [0.15, 0.2) is 0 Å². The largest absolute Gasteiger partial charge is 0.355 e. The molecular weight excluding hydrogens is 462 g/mol. The molecule has 7 heteroatoms. The van der Waals surface area contributed by atoms with E-state index in [1.54, 1.807) is 53.4 Å². The summed E-state index contributed by atoms with van der Waals surface area (Å²) in [5.74, 6) is -0.642. The molecule has 0 radical (unpaired) electrons. The van der Waals surface area contributed by atoms with Gasteiger partial charge in [0.25, 0.3) is 11.8 Å². The fourth-order valence-electron chi connectivity index (χ4n) is 4.22. The summed E-state index contributed by atoms with van der Waals surface area (Å²) in [6, 6.07) is 23.6. The third kappa shape index (κ3) is 6.49. The molecular formula is C28H28ClN3O3. The maximum atomic E-state index is 13.1. The molecule has 1 atom stereocenters. The topological polar surface area (TPSA) is 78.5 Å². The van der Waals surface area contributed by atoms with Gasteiger partial charge in [-0.05, 0) is 61.2 Å². The highest BCUT2D eigenvalue weighted by Gasteiger charge is 2.28. The number of piperidine rings is 1. The molecule has 1 unspecified atom stereocenters. The number of carbonyl (C=O) groups excluding carboxylic acids is 3. The Labute approximate surface area is 210 Å². The molecule has 1 saturated heterocycles. The van der Waals surface area contributed by atoms with Crippen molar-refractivity contribution in [2.45, 2.75) is 19.3 Å². The van der Waals surface area contributed by atoms with Crippen molar-refractivity contribution in [2.75, 3.05) is 25.0 Å². The number of hydrogen-bond donors (Lipinski definition) is 2. The highest BCUT2D eigenvalue weighted by molar-refractivity contribution is 6.34. The number of amides is 3. The van der Waals surface area contributed by atoms with Crippen LogP contribution in [0.25, 0.3) is 0 Å². The normalized spacial score (nSPS) is 15.3. The lowest BCUT2D eigenvalue weighted by molar-refractivity contribution is -0.126. The summed E-state index contributed by atoms with van der Waals surface area (Å²) in [6.07, 6.45) is 2.34. The van der Waals surface area contributed by atoms with Crippen molar-refractivity contribution in [3.8, 4) is 0 Å². The first-order valence-electron chi connectivity index (χ1n) is 11.8. The van der Waals surface area contributed by atoms with Crippen LogP contribution in [-0.2, 0) is 11.2 Å². The van der Waals surface area contributed by atoms with E-state index in [4.69, 9.17) is 11.6 Å². The maximum Gasteiger partial charge on any atom is 0.257 e. The Kier molecular flexibility index (Phi) is 8.16. The number of benzene rings is 3.